The minimum absolute atomic E-state index is 0.0877. The maximum absolute atomic E-state index is 11.7. The molecule has 0 heterocycles. The third-order valence-electron chi connectivity index (χ3n) is 2.96. The molecule has 0 bridgehead atoms. The van der Waals surface area contributed by atoms with E-state index in [0.29, 0.717) is 17.3 Å². The Labute approximate surface area is 139 Å². The van der Waals surface area contributed by atoms with E-state index in [0.717, 1.165) is 5.56 Å². The van der Waals surface area contributed by atoms with Crippen LogP contribution in [0.15, 0.2) is 54.6 Å². The van der Waals surface area contributed by atoms with Crippen LogP contribution in [0.4, 0.5) is 0 Å². The van der Waals surface area contributed by atoms with Gasteiger partial charge in [-0.2, -0.15) is 0 Å². The molecule has 5 nitrogen and oxygen atoms in total. The van der Waals surface area contributed by atoms with Gasteiger partial charge in [-0.25, -0.2) is 0 Å². The van der Waals surface area contributed by atoms with Crippen LogP contribution in [0.2, 0.25) is 5.02 Å². The average Bonchev–Trinajstić information content (AvgIpc) is 2.58. The van der Waals surface area contributed by atoms with Gasteiger partial charge in [0.1, 0.15) is 5.75 Å². The van der Waals surface area contributed by atoms with Crippen molar-refractivity contribution in [2.45, 2.75) is 6.54 Å². The minimum atomic E-state index is -0.366. The molecule has 0 aliphatic heterocycles. The van der Waals surface area contributed by atoms with E-state index in [4.69, 9.17) is 16.3 Å². The van der Waals surface area contributed by atoms with Crippen LogP contribution < -0.4 is 15.4 Å². The first-order valence-electron chi connectivity index (χ1n) is 7.09. The largest absolute Gasteiger partial charge is 0.484 e. The van der Waals surface area contributed by atoms with E-state index in [9.17, 15) is 9.59 Å². The van der Waals surface area contributed by atoms with Gasteiger partial charge in [-0.05, 0) is 29.8 Å². The van der Waals surface area contributed by atoms with Crippen LogP contribution in [0.1, 0.15) is 5.56 Å². The third-order valence-corrected chi connectivity index (χ3v) is 3.21. The highest BCUT2D eigenvalue weighted by molar-refractivity contribution is 6.30. The topological polar surface area (TPSA) is 67.4 Å². The molecule has 0 radical (unpaired) electrons. The van der Waals surface area contributed by atoms with Crippen molar-refractivity contribution in [3.05, 3.63) is 65.2 Å². The monoisotopic (exact) mass is 332 g/mol. The molecule has 0 spiro atoms. The number of hydrogen-bond acceptors (Lipinski definition) is 3. The lowest BCUT2D eigenvalue weighted by Crippen LogP contribution is -2.38. The van der Waals surface area contributed by atoms with Crippen LogP contribution in [0.3, 0.4) is 0 Å². The minimum Gasteiger partial charge on any atom is -0.484 e. The second-order valence-corrected chi connectivity index (χ2v) is 5.22. The quantitative estimate of drug-likeness (QED) is 0.816. The molecule has 2 aromatic carbocycles. The SMILES string of the molecule is O=C(CNC(=O)COc1ccc(Cl)cc1)NCc1ccccc1. The second kappa shape index (κ2) is 8.80. The lowest BCUT2D eigenvalue weighted by Gasteiger charge is -2.08. The summed E-state index contributed by atoms with van der Waals surface area (Å²) in [5, 5.41) is 5.82. The Kier molecular flexibility index (Phi) is 6.44. The zero-order valence-electron chi connectivity index (χ0n) is 12.4. The first-order valence-corrected chi connectivity index (χ1v) is 7.47. The molecule has 0 saturated heterocycles. The maximum Gasteiger partial charge on any atom is 0.258 e. The molecular formula is C17H17ClN2O3. The lowest BCUT2D eigenvalue weighted by atomic mass is 10.2. The van der Waals surface area contributed by atoms with Crippen LogP contribution in [0, 0.1) is 0 Å². The Morgan fingerprint density at radius 2 is 1.61 bits per heavy atom. The molecule has 0 aliphatic rings. The predicted octanol–water partition coefficient (Wildman–Crippen LogP) is 2.15. The van der Waals surface area contributed by atoms with Gasteiger partial charge in [0, 0.05) is 11.6 Å². The number of nitrogens with one attached hydrogen (secondary N) is 2. The van der Waals surface area contributed by atoms with E-state index in [2.05, 4.69) is 10.6 Å². The van der Waals surface area contributed by atoms with E-state index < -0.39 is 0 Å². The fourth-order valence-electron chi connectivity index (χ4n) is 1.77. The predicted molar refractivity (Wildman–Crippen MR) is 88.2 cm³/mol. The smallest absolute Gasteiger partial charge is 0.258 e. The summed E-state index contributed by atoms with van der Waals surface area (Å²) in [4.78, 5) is 23.3. The number of amides is 2. The molecule has 0 atom stereocenters. The molecule has 6 heteroatoms. The van der Waals surface area contributed by atoms with Gasteiger partial charge in [0.05, 0.1) is 6.54 Å². The zero-order valence-corrected chi connectivity index (χ0v) is 13.2. The summed E-state index contributed by atoms with van der Waals surface area (Å²) in [6.07, 6.45) is 0. The fourth-order valence-corrected chi connectivity index (χ4v) is 1.89. The number of benzene rings is 2. The molecule has 2 aromatic rings. The summed E-state index contributed by atoms with van der Waals surface area (Å²) in [5.74, 6) is -0.0819. The second-order valence-electron chi connectivity index (χ2n) is 4.78. The van der Waals surface area contributed by atoms with Crippen molar-refractivity contribution < 1.29 is 14.3 Å². The van der Waals surface area contributed by atoms with Crippen molar-refractivity contribution in [3.63, 3.8) is 0 Å². The van der Waals surface area contributed by atoms with Crippen molar-refractivity contribution in [2.75, 3.05) is 13.2 Å². The van der Waals surface area contributed by atoms with E-state index in [-0.39, 0.29) is 25.0 Å². The molecular weight excluding hydrogens is 316 g/mol. The Balaban J connectivity index is 1.63. The molecule has 2 rings (SSSR count). The summed E-state index contributed by atoms with van der Waals surface area (Å²) in [6.45, 7) is 0.181. The molecule has 120 valence electrons. The highest BCUT2D eigenvalue weighted by Crippen LogP contribution is 2.15. The van der Waals surface area contributed by atoms with Gasteiger partial charge in [0.15, 0.2) is 6.61 Å². The number of hydrogen-bond donors (Lipinski definition) is 2. The van der Waals surface area contributed by atoms with Crippen molar-refractivity contribution >= 4 is 23.4 Å². The molecule has 2 N–H and O–H groups in total. The van der Waals surface area contributed by atoms with Crippen molar-refractivity contribution in [3.8, 4) is 5.75 Å². The van der Waals surface area contributed by atoms with Gasteiger partial charge in [0.2, 0.25) is 5.91 Å². The van der Waals surface area contributed by atoms with Gasteiger partial charge in [-0.15, -0.1) is 0 Å². The summed E-state index contributed by atoms with van der Waals surface area (Å²) in [7, 11) is 0. The normalized spacial score (nSPS) is 9.96. The van der Waals surface area contributed by atoms with Crippen LogP contribution in [0.25, 0.3) is 0 Å². The molecule has 0 fully saturated rings. The first kappa shape index (κ1) is 16.8. The standard InChI is InChI=1S/C17H17ClN2O3/c18-14-6-8-15(9-7-14)23-12-17(22)20-11-16(21)19-10-13-4-2-1-3-5-13/h1-9H,10-12H2,(H,19,21)(H,20,22). The van der Waals surface area contributed by atoms with Crippen molar-refractivity contribution in [1.29, 1.82) is 0 Å². The van der Waals surface area contributed by atoms with Crippen molar-refractivity contribution in [1.82, 2.24) is 10.6 Å². The fraction of sp³-hybridized carbons (Fsp3) is 0.176. The Morgan fingerprint density at radius 1 is 0.913 bits per heavy atom. The molecule has 0 saturated carbocycles. The van der Waals surface area contributed by atoms with Crippen LogP contribution >= 0.6 is 11.6 Å². The summed E-state index contributed by atoms with van der Waals surface area (Å²) in [6, 6.07) is 16.2. The van der Waals surface area contributed by atoms with Crippen LogP contribution in [-0.4, -0.2) is 25.0 Å². The van der Waals surface area contributed by atoms with E-state index in [1.54, 1.807) is 24.3 Å². The molecule has 0 aliphatic carbocycles. The van der Waals surface area contributed by atoms with Crippen LogP contribution in [0.5, 0.6) is 5.75 Å². The Morgan fingerprint density at radius 3 is 2.30 bits per heavy atom. The Bertz CT molecular complexity index is 645. The summed E-state index contributed by atoms with van der Waals surface area (Å²) >= 11 is 5.75. The number of halogens is 1. The summed E-state index contributed by atoms with van der Waals surface area (Å²) in [5.41, 5.74) is 0.998. The molecule has 0 unspecified atom stereocenters. The van der Waals surface area contributed by atoms with E-state index in [1.807, 2.05) is 30.3 Å². The van der Waals surface area contributed by atoms with Crippen LogP contribution in [-0.2, 0) is 16.1 Å². The molecule has 23 heavy (non-hydrogen) atoms. The number of carbonyl (C=O) groups excluding carboxylic acids is 2. The van der Waals surface area contributed by atoms with Crippen molar-refractivity contribution in [2.24, 2.45) is 0 Å². The maximum atomic E-state index is 11.7. The highest BCUT2D eigenvalue weighted by atomic mass is 35.5. The summed E-state index contributed by atoms with van der Waals surface area (Å²) < 4.78 is 5.28. The zero-order chi connectivity index (χ0) is 16.5. The Hall–Kier alpha value is -2.53. The van der Waals surface area contributed by atoms with Gasteiger partial charge >= 0.3 is 0 Å². The molecule has 2 amide bonds. The highest BCUT2D eigenvalue weighted by Gasteiger charge is 2.06. The van der Waals surface area contributed by atoms with Gasteiger partial charge in [0.25, 0.3) is 5.91 Å². The van der Waals surface area contributed by atoms with Gasteiger partial charge in [-0.1, -0.05) is 41.9 Å². The molecule has 0 aromatic heterocycles. The first-order chi connectivity index (χ1) is 11.1. The van der Waals surface area contributed by atoms with Gasteiger partial charge in [-0.3, -0.25) is 9.59 Å². The number of carbonyl (C=O) groups is 2. The third kappa shape index (κ3) is 6.40. The average molecular weight is 333 g/mol. The van der Waals surface area contributed by atoms with E-state index >= 15 is 0 Å². The number of rotatable bonds is 7. The van der Waals surface area contributed by atoms with Gasteiger partial charge < -0.3 is 15.4 Å². The van der Waals surface area contributed by atoms with E-state index in [1.165, 1.54) is 0 Å². The number of ether oxygens (including phenoxy) is 1. The lowest BCUT2D eigenvalue weighted by molar-refractivity contribution is -0.127.